The number of esters is 1. The van der Waals surface area contributed by atoms with Gasteiger partial charge in [0, 0.05) is 50.3 Å². The van der Waals surface area contributed by atoms with E-state index in [0.29, 0.717) is 51.5 Å². The van der Waals surface area contributed by atoms with Crippen LogP contribution in [0.1, 0.15) is 96.5 Å². The summed E-state index contributed by atoms with van der Waals surface area (Å²) in [5.74, 6) is -0.766. The lowest BCUT2D eigenvalue weighted by Gasteiger charge is -2.65. The maximum Gasteiger partial charge on any atom is 0.407 e. The molecule has 0 aromatic carbocycles. The monoisotopic (exact) mass is 600 g/mol. The van der Waals surface area contributed by atoms with Crippen LogP contribution in [0.3, 0.4) is 0 Å². The number of rotatable bonds is 6. The van der Waals surface area contributed by atoms with E-state index < -0.39 is 45.8 Å². The van der Waals surface area contributed by atoms with E-state index in [4.69, 9.17) is 13.9 Å². The van der Waals surface area contributed by atoms with E-state index in [1.165, 1.54) is 32.1 Å². The molecule has 0 radical (unpaired) electrons. The lowest BCUT2D eigenvalue weighted by atomic mass is 9.42. The summed E-state index contributed by atoms with van der Waals surface area (Å²) < 4.78 is 16.9. The quantitative estimate of drug-likeness (QED) is 0.417. The fraction of sp³-hybridized carbons (Fsp3) is 0.788. The van der Waals surface area contributed by atoms with Crippen LogP contribution in [0.25, 0.3) is 0 Å². The Balaban J connectivity index is 1.18. The van der Waals surface area contributed by atoms with Gasteiger partial charge in [0.2, 0.25) is 0 Å². The van der Waals surface area contributed by atoms with Crippen molar-refractivity contribution in [2.75, 3.05) is 26.2 Å². The van der Waals surface area contributed by atoms with Gasteiger partial charge in [0.25, 0.3) is 0 Å². The first-order chi connectivity index (χ1) is 20.4. The van der Waals surface area contributed by atoms with Gasteiger partial charge in [-0.25, -0.2) is 9.59 Å². The van der Waals surface area contributed by atoms with Crippen LogP contribution < -0.4 is 10.9 Å². The van der Waals surface area contributed by atoms with E-state index in [1.54, 1.807) is 6.07 Å². The van der Waals surface area contributed by atoms with Gasteiger partial charge in [-0.2, -0.15) is 0 Å². The first-order valence-corrected chi connectivity index (χ1v) is 16.3. The number of carbonyl (C=O) groups excluding carboxylic acids is 2. The molecule has 9 atom stereocenters. The number of nitrogens with one attached hydrogen (secondary N) is 1. The molecule has 1 aromatic heterocycles. The molecule has 3 N–H and O–H groups in total. The highest BCUT2D eigenvalue weighted by atomic mass is 16.6. The second-order valence-corrected chi connectivity index (χ2v) is 14.5. The third-order valence-corrected chi connectivity index (χ3v) is 12.5. The first-order valence-electron chi connectivity index (χ1n) is 16.3. The zero-order valence-electron chi connectivity index (χ0n) is 25.8. The van der Waals surface area contributed by atoms with Crippen LogP contribution in [0, 0.1) is 22.7 Å². The molecular formula is C33H48N2O8. The zero-order valence-corrected chi connectivity index (χ0v) is 25.8. The highest BCUT2D eigenvalue weighted by molar-refractivity contribution is 5.67. The molecule has 4 saturated carbocycles. The molecule has 1 saturated heterocycles. The molecule has 2 heterocycles. The van der Waals surface area contributed by atoms with Gasteiger partial charge in [0.15, 0.2) is 0 Å². The van der Waals surface area contributed by atoms with Crippen molar-refractivity contribution in [2.45, 2.75) is 114 Å². The molecule has 4 aliphatic carbocycles. The average molecular weight is 601 g/mol. The fourth-order valence-corrected chi connectivity index (χ4v) is 10.3. The van der Waals surface area contributed by atoms with Crippen LogP contribution in [0.4, 0.5) is 4.79 Å². The average Bonchev–Trinajstić information content (AvgIpc) is 3.53. The number of hydrogen-bond acceptors (Lipinski definition) is 9. The van der Waals surface area contributed by atoms with Gasteiger partial charge in [-0.05, 0) is 93.3 Å². The van der Waals surface area contributed by atoms with Crippen LogP contribution in [0.2, 0.25) is 0 Å². The molecule has 1 aromatic rings. The van der Waals surface area contributed by atoms with Gasteiger partial charge in [-0.1, -0.05) is 13.8 Å². The van der Waals surface area contributed by atoms with Crippen LogP contribution in [0.15, 0.2) is 27.6 Å². The maximum absolute atomic E-state index is 12.7. The number of likely N-dealkylation sites (tertiary alicyclic amines) is 1. The molecule has 0 bridgehead atoms. The van der Waals surface area contributed by atoms with E-state index >= 15 is 0 Å². The molecule has 0 unspecified atom stereocenters. The predicted molar refractivity (Wildman–Crippen MR) is 157 cm³/mol. The Bertz CT molecular complexity index is 1260. The summed E-state index contributed by atoms with van der Waals surface area (Å²) in [5, 5.41) is 27.8. The summed E-state index contributed by atoms with van der Waals surface area (Å²) in [7, 11) is 0. The number of carbonyl (C=O) groups is 2. The topological polar surface area (TPSA) is 139 Å². The Hall–Kier alpha value is -2.43. The van der Waals surface area contributed by atoms with Crippen molar-refractivity contribution in [3.63, 3.8) is 0 Å². The van der Waals surface area contributed by atoms with Gasteiger partial charge in [0.1, 0.15) is 12.2 Å². The summed E-state index contributed by atoms with van der Waals surface area (Å²) in [6, 6.07) is 3.10. The second kappa shape index (κ2) is 11.2. The van der Waals surface area contributed by atoms with E-state index in [9.17, 15) is 24.6 Å². The Labute approximate surface area is 253 Å². The minimum atomic E-state index is -1.14. The molecule has 238 valence electrons. The van der Waals surface area contributed by atoms with Crippen LogP contribution in [0.5, 0.6) is 0 Å². The number of ether oxygens (including phenoxy) is 2. The van der Waals surface area contributed by atoms with Crippen molar-refractivity contribution >= 4 is 12.1 Å². The first kappa shape index (κ1) is 30.6. The fourth-order valence-electron chi connectivity index (χ4n) is 10.3. The molecular weight excluding hydrogens is 552 g/mol. The predicted octanol–water partition coefficient (Wildman–Crippen LogP) is 3.73. The van der Waals surface area contributed by atoms with Crippen molar-refractivity contribution in [1.82, 2.24) is 10.2 Å². The lowest BCUT2D eigenvalue weighted by Crippen LogP contribution is -2.67. The summed E-state index contributed by atoms with van der Waals surface area (Å²) >= 11 is 0. The molecule has 5 fully saturated rings. The Kier molecular flexibility index (Phi) is 7.95. The van der Waals surface area contributed by atoms with Crippen molar-refractivity contribution in [3.05, 3.63) is 34.4 Å². The third-order valence-electron chi connectivity index (χ3n) is 12.5. The molecule has 10 nitrogen and oxygen atoms in total. The molecule has 1 amide bonds. The zero-order chi connectivity index (χ0) is 30.6. The smallest absolute Gasteiger partial charge is 0.407 e. The molecule has 6 rings (SSSR count). The normalized spacial score (nSPS) is 42.4. The van der Waals surface area contributed by atoms with E-state index in [2.05, 4.69) is 24.1 Å². The van der Waals surface area contributed by atoms with Gasteiger partial charge in [0.05, 0.1) is 17.5 Å². The molecule has 0 spiro atoms. The van der Waals surface area contributed by atoms with Crippen LogP contribution in [-0.4, -0.2) is 76.8 Å². The third kappa shape index (κ3) is 5.11. The summed E-state index contributed by atoms with van der Waals surface area (Å²) in [6.07, 6.45) is 7.21. The number of aliphatic hydroxyl groups is 2. The van der Waals surface area contributed by atoms with Gasteiger partial charge in [-0.3, -0.25) is 4.79 Å². The van der Waals surface area contributed by atoms with E-state index in [-0.39, 0.29) is 23.9 Å². The van der Waals surface area contributed by atoms with Crippen LogP contribution in [-0.2, 0) is 14.3 Å². The molecule has 10 heteroatoms. The number of amides is 1. The molecule has 1 aliphatic heterocycles. The number of nitrogens with zero attached hydrogens (tertiary/aromatic N) is 1. The number of alkyl carbamates (subject to hydrolysis) is 1. The maximum atomic E-state index is 12.7. The van der Waals surface area contributed by atoms with Crippen molar-refractivity contribution in [3.8, 4) is 0 Å². The van der Waals surface area contributed by atoms with Crippen molar-refractivity contribution in [2.24, 2.45) is 22.7 Å². The molecule has 5 aliphatic rings. The summed E-state index contributed by atoms with van der Waals surface area (Å²) in [6.45, 7) is 9.16. The number of hydrogen-bond donors (Lipinski definition) is 3. The van der Waals surface area contributed by atoms with Gasteiger partial charge < -0.3 is 34.3 Å². The highest BCUT2D eigenvalue weighted by Gasteiger charge is 2.72. The van der Waals surface area contributed by atoms with Gasteiger partial charge in [-0.15, -0.1) is 0 Å². The van der Waals surface area contributed by atoms with Crippen LogP contribution >= 0.6 is 0 Å². The minimum absolute atomic E-state index is 0.0602. The second-order valence-electron chi connectivity index (χ2n) is 14.5. The van der Waals surface area contributed by atoms with Gasteiger partial charge >= 0.3 is 17.7 Å². The Morgan fingerprint density at radius 2 is 1.72 bits per heavy atom. The lowest BCUT2D eigenvalue weighted by molar-refractivity contribution is -0.253. The SMILES string of the molecule is CC(=O)O[C@H]1C[C@]2(O)[C@@H]3CC[C@]4(O)C[C@@H](OC(=O)NCCN5CCCC5)CC[C@]4(C)[C@H]3CC[C@]2(C)[C@H]1c1ccc(=O)oc1. The van der Waals surface area contributed by atoms with Crippen molar-refractivity contribution < 1.29 is 33.7 Å². The molecule has 43 heavy (non-hydrogen) atoms. The Morgan fingerprint density at radius 1 is 1.00 bits per heavy atom. The van der Waals surface area contributed by atoms with E-state index in [1.807, 2.05) is 0 Å². The van der Waals surface area contributed by atoms with Crippen molar-refractivity contribution in [1.29, 1.82) is 0 Å². The largest absolute Gasteiger partial charge is 0.462 e. The summed E-state index contributed by atoms with van der Waals surface area (Å²) in [4.78, 5) is 38.9. The Morgan fingerprint density at radius 3 is 2.42 bits per heavy atom. The summed E-state index contributed by atoms with van der Waals surface area (Å²) in [5.41, 5.74) is -2.91. The highest BCUT2D eigenvalue weighted by Crippen LogP contribution is 2.71. The van der Waals surface area contributed by atoms with E-state index in [0.717, 1.165) is 31.6 Å². The number of fused-ring (bicyclic) bond motifs is 5. The minimum Gasteiger partial charge on any atom is -0.462 e. The standard InChI is InChI=1S/C33H48N2O8/c1-21(36)42-26-19-33(40)25-10-13-32(39)18-23(43-29(38)34-14-17-35-15-4-5-16-35)8-11-30(32,2)24(25)9-12-31(33,3)28(26)22-6-7-27(37)41-20-22/h6-7,20,23-26,28,39-40H,4-5,8-19H2,1-3H3,(H,34,38)/t23-,24-,25+,26-,28-,30+,31+,32-,33-/m0/s1.